The van der Waals surface area contributed by atoms with Crippen LogP contribution < -0.4 is 0 Å². The van der Waals surface area contributed by atoms with E-state index in [1.165, 1.54) is 0 Å². The maximum atomic E-state index is 12.0. The number of ether oxygens (including phenoxy) is 3. The lowest BCUT2D eigenvalue weighted by molar-refractivity contribution is -0.139. The van der Waals surface area contributed by atoms with Crippen LogP contribution in [-0.4, -0.2) is 103 Å². The summed E-state index contributed by atoms with van der Waals surface area (Å²) < 4.78 is 53.6. The second kappa shape index (κ2) is 23.0. The third-order valence-electron chi connectivity index (χ3n) is 7.17. The normalized spacial score (nSPS) is 15.4. The predicted octanol–water partition coefficient (Wildman–Crippen LogP) is 5.29. The number of carbonyl (C=O) groups excluding carboxylic acids is 3. The summed E-state index contributed by atoms with van der Waals surface area (Å²) in [5.74, 6) is -1.27. The van der Waals surface area contributed by atoms with E-state index in [1.54, 1.807) is 42.1 Å². The molecule has 0 aliphatic rings. The second-order valence-electron chi connectivity index (χ2n) is 12.2. The Morgan fingerprint density at radius 3 is 1.26 bits per heavy atom. The molecule has 17 heteroatoms. The Morgan fingerprint density at radius 2 is 0.915 bits per heavy atom. The van der Waals surface area contributed by atoms with Gasteiger partial charge in [-0.15, -0.1) is 0 Å². The smallest absolute Gasteiger partial charge is 0.462 e. The molecule has 0 aliphatic carbocycles. The van der Waals surface area contributed by atoms with Crippen LogP contribution in [0.15, 0.2) is 36.5 Å². The summed E-state index contributed by atoms with van der Waals surface area (Å²) in [4.78, 5) is 35.8. The lowest BCUT2D eigenvalue weighted by Crippen LogP contribution is -2.55. The Kier molecular flexibility index (Phi) is 22.2. The highest BCUT2D eigenvalue weighted by Gasteiger charge is 2.45. The molecule has 47 heavy (non-hydrogen) atoms. The molecule has 0 bridgehead atoms. The third kappa shape index (κ3) is 19.3. The highest BCUT2D eigenvalue weighted by molar-refractivity contribution is 6.85. The van der Waals surface area contributed by atoms with E-state index in [2.05, 4.69) is 32.8 Å². The minimum atomic E-state index is -2.91. The average molecular weight is 753 g/mol. The van der Waals surface area contributed by atoms with Crippen LogP contribution in [0, 0.1) is 0 Å². The number of carbonyl (C=O) groups is 3. The lowest BCUT2D eigenvalue weighted by atomic mass is 10.4. The van der Waals surface area contributed by atoms with Crippen molar-refractivity contribution in [2.24, 2.45) is 0 Å². The lowest BCUT2D eigenvalue weighted by Gasteiger charge is -2.40. The van der Waals surface area contributed by atoms with Crippen LogP contribution in [0.3, 0.4) is 0 Å². The first-order valence-electron chi connectivity index (χ1n) is 16.1. The molecule has 0 radical (unpaired) electrons. The van der Waals surface area contributed by atoms with Gasteiger partial charge in [0, 0.05) is 44.1 Å². The summed E-state index contributed by atoms with van der Waals surface area (Å²) in [6.07, 6.45) is 1.77. The van der Waals surface area contributed by atoms with Crippen LogP contribution >= 0.6 is 0 Å². The highest BCUT2D eigenvalue weighted by Crippen LogP contribution is 2.29. The van der Waals surface area contributed by atoms with Crippen molar-refractivity contribution in [3.05, 3.63) is 36.5 Å². The summed E-state index contributed by atoms with van der Waals surface area (Å²) in [7, 11) is -7.40. The van der Waals surface area contributed by atoms with Crippen molar-refractivity contribution in [3.8, 4) is 0 Å². The maximum absolute atomic E-state index is 12.0. The summed E-state index contributed by atoms with van der Waals surface area (Å²) in [5.41, 5.74) is 1.05. The van der Waals surface area contributed by atoms with Crippen LogP contribution in [0.2, 0.25) is 56.4 Å². The average Bonchev–Trinajstić information content (AvgIpc) is 2.99. The fourth-order valence-corrected chi connectivity index (χ4v) is 25.5. The van der Waals surface area contributed by atoms with Crippen molar-refractivity contribution in [2.45, 2.75) is 96.4 Å². The van der Waals surface area contributed by atoms with Gasteiger partial charge in [-0.05, 0) is 90.4 Å². The van der Waals surface area contributed by atoms with E-state index in [4.69, 9.17) is 39.8 Å². The number of rotatable bonds is 27. The Balaban J connectivity index is 5.95. The van der Waals surface area contributed by atoms with Gasteiger partial charge >= 0.3 is 43.8 Å². The molecular weight excluding hydrogens is 693 g/mol. The fraction of sp³-hybridized carbons (Fsp3) is 0.700. The first kappa shape index (κ1) is 45.5. The molecule has 0 amide bonds. The molecule has 272 valence electrons. The molecule has 4 unspecified atom stereocenters. The topological polar surface area (TPSA) is 134 Å². The molecule has 0 saturated heterocycles. The molecule has 0 fully saturated rings. The monoisotopic (exact) mass is 752 g/mol. The zero-order valence-corrected chi connectivity index (χ0v) is 35.8. The van der Waals surface area contributed by atoms with Gasteiger partial charge in [0.15, 0.2) is 18.1 Å². The van der Waals surface area contributed by atoms with Gasteiger partial charge in [0.1, 0.15) is 0 Å². The van der Waals surface area contributed by atoms with Crippen molar-refractivity contribution in [2.75, 3.05) is 41.2 Å². The van der Waals surface area contributed by atoms with Crippen molar-refractivity contribution in [3.63, 3.8) is 0 Å². The van der Waals surface area contributed by atoms with Gasteiger partial charge in [-0.1, -0.05) is 19.7 Å². The quantitative estimate of drug-likeness (QED) is 0.0355. The molecule has 0 rings (SSSR count). The Labute approximate surface area is 289 Å². The number of hydrogen-bond donors (Lipinski definition) is 0. The summed E-state index contributed by atoms with van der Waals surface area (Å²) in [5, 5.41) is 0. The van der Waals surface area contributed by atoms with Gasteiger partial charge in [-0.2, -0.15) is 0 Å². The Morgan fingerprint density at radius 1 is 0.574 bits per heavy atom. The minimum Gasteiger partial charge on any atom is -0.462 e. The molecule has 12 nitrogen and oxygen atoms in total. The zero-order chi connectivity index (χ0) is 36.3. The summed E-state index contributed by atoms with van der Waals surface area (Å²) >= 11 is 0. The van der Waals surface area contributed by atoms with Gasteiger partial charge in [-0.3, -0.25) is 0 Å². The van der Waals surface area contributed by atoms with E-state index in [9.17, 15) is 14.4 Å². The molecule has 0 aromatic rings. The predicted molar refractivity (Wildman–Crippen MR) is 195 cm³/mol. The third-order valence-corrected chi connectivity index (χ3v) is 26.0. The van der Waals surface area contributed by atoms with Crippen molar-refractivity contribution in [1.82, 2.24) is 0 Å². The Hall–Kier alpha value is -1.53. The van der Waals surface area contributed by atoms with E-state index in [0.29, 0.717) is 60.7 Å². The fourth-order valence-electron chi connectivity index (χ4n) is 4.65. The molecular formula is C30H60O12Si5. The molecule has 0 aromatic heterocycles. The molecule has 0 saturated carbocycles. The molecule has 0 spiro atoms. The zero-order valence-electron chi connectivity index (χ0n) is 30.5. The Bertz CT molecular complexity index is 1030. The first-order chi connectivity index (χ1) is 21.9. The van der Waals surface area contributed by atoms with Gasteiger partial charge in [-0.25, -0.2) is 14.4 Å². The standard InChI is InChI=1S/C30H60O12Si5/c1-25(2)28(31)37-17-14-20-43(10)40-45(12,22-15-18-38-29(32)26(3)4)42-46(13,23-16-19-39-30(33)27(5)6)41-44(11)21-24-47(34-7,35-8)36-9/h43-44H,1,3,5,14-24H2,2,4,6-13H3. The van der Waals surface area contributed by atoms with Crippen LogP contribution in [0.5, 0.6) is 0 Å². The highest BCUT2D eigenvalue weighted by atomic mass is 28.5. The maximum Gasteiger partial charge on any atom is 0.499 e. The van der Waals surface area contributed by atoms with Crippen LogP contribution in [0.4, 0.5) is 0 Å². The van der Waals surface area contributed by atoms with Gasteiger partial charge in [0.25, 0.3) is 0 Å². The molecule has 0 N–H and O–H groups in total. The van der Waals surface area contributed by atoms with E-state index in [-0.39, 0.29) is 13.2 Å². The van der Waals surface area contributed by atoms with Crippen LogP contribution in [0.1, 0.15) is 40.0 Å². The van der Waals surface area contributed by atoms with E-state index >= 15 is 0 Å². The largest absolute Gasteiger partial charge is 0.499 e. The van der Waals surface area contributed by atoms with E-state index < -0.39 is 61.9 Å². The number of hydrogen-bond acceptors (Lipinski definition) is 12. The summed E-state index contributed by atoms with van der Waals surface area (Å²) in [6.45, 7) is 24.8. The van der Waals surface area contributed by atoms with Crippen LogP contribution in [0.25, 0.3) is 0 Å². The van der Waals surface area contributed by atoms with E-state index in [1.807, 2.05) is 13.1 Å². The van der Waals surface area contributed by atoms with Crippen molar-refractivity contribution in [1.29, 1.82) is 0 Å². The van der Waals surface area contributed by atoms with Gasteiger partial charge in [0.2, 0.25) is 0 Å². The van der Waals surface area contributed by atoms with E-state index in [0.717, 1.165) is 12.1 Å². The van der Waals surface area contributed by atoms with Crippen molar-refractivity contribution >= 4 is 61.9 Å². The second-order valence-corrected chi connectivity index (χ2v) is 27.9. The minimum absolute atomic E-state index is 0.215. The molecule has 0 heterocycles. The van der Waals surface area contributed by atoms with Crippen molar-refractivity contribution < 1.29 is 54.2 Å². The molecule has 0 aliphatic heterocycles. The van der Waals surface area contributed by atoms with Crippen LogP contribution in [-0.2, 0) is 54.2 Å². The molecule has 4 atom stereocenters. The number of esters is 3. The SMILES string of the molecule is C=C(C)C(=O)OCCC[SiH](C)O[Si](C)(CCCOC(=O)C(=C)C)O[Si](C)(CCCOC(=O)C(=C)C)O[SiH](C)CC[Si](OC)(OC)OC. The van der Waals surface area contributed by atoms with Gasteiger partial charge in [0.05, 0.1) is 19.8 Å². The van der Waals surface area contributed by atoms with Gasteiger partial charge < -0.3 is 39.8 Å². The molecule has 0 aromatic carbocycles. The summed E-state index contributed by atoms with van der Waals surface area (Å²) in [6, 6.07) is 3.31. The first-order valence-corrected chi connectivity index (χ1v) is 27.9.